The molecule has 3 heterocycles. The van der Waals surface area contributed by atoms with E-state index in [4.69, 9.17) is 9.72 Å². The zero-order valence-electron chi connectivity index (χ0n) is 23.0. The molecule has 0 bridgehead atoms. The van der Waals surface area contributed by atoms with Gasteiger partial charge in [-0.25, -0.2) is 4.98 Å². The Morgan fingerprint density at radius 2 is 1.77 bits per heavy atom. The number of aryl methyl sites for hydroxylation is 1. The molecular weight excluding hydrogens is 542 g/mol. The fraction of sp³-hybridized carbons (Fsp3) is 0.367. The normalized spacial score (nSPS) is 14.0. The van der Waals surface area contributed by atoms with Crippen LogP contribution in [0, 0.1) is 6.92 Å². The minimum atomic E-state index is -0.0773. The van der Waals surface area contributed by atoms with E-state index in [9.17, 15) is 9.59 Å². The van der Waals surface area contributed by atoms with Crippen LogP contribution < -0.4 is 20.5 Å². The summed E-state index contributed by atoms with van der Waals surface area (Å²) in [6, 6.07) is 18.2. The zero-order valence-corrected chi connectivity index (χ0v) is 24.6. The Bertz CT molecular complexity index is 1480. The molecule has 4 aromatic rings. The van der Waals surface area contributed by atoms with Crippen molar-refractivity contribution in [3.8, 4) is 5.75 Å². The molecule has 2 aromatic heterocycles. The van der Waals surface area contributed by atoms with Gasteiger partial charge in [0.15, 0.2) is 5.16 Å². The van der Waals surface area contributed by atoms with Crippen molar-refractivity contribution >= 4 is 44.9 Å². The van der Waals surface area contributed by atoms with Crippen LogP contribution in [-0.4, -0.2) is 65.9 Å². The molecule has 0 saturated carbocycles. The van der Waals surface area contributed by atoms with E-state index in [-0.39, 0.29) is 17.2 Å². The number of hydrogen-bond donors (Lipinski definition) is 1. The lowest BCUT2D eigenvalue weighted by Gasteiger charge is -2.36. The summed E-state index contributed by atoms with van der Waals surface area (Å²) in [5, 5.41) is 5.47. The number of hydrogen-bond acceptors (Lipinski definition) is 8. The third kappa shape index (κ3) is 7.04. The van der Waals surface area contributed by atoms with Crippen molar-refractivity contribution in [2.24, 2.45) is 0 Å². The molecule has 8 nitrogen and oxygen atoms in total. The van der Waals surface area contributed by atoms with Gasteiger partial charge in [0.25, 0.3) is 5.56 Å². The molecule has 0 radical (unpaired) electrons. The van der Waals surface area contributed by atoms with Crippen molar-refractivity contribution < 1.29 is 9.53 Å². The number of piperazine rings is 1. The summed E-state index contributed by atoms with van der Waals surface area (Å²) < 4.78 is 7.69. The van der Waals surface area contributed by atoms with E-state index >= 15 is 0 Å². The van der Waals surface area contributed by atoms with Gasteiger partial charge < -0.3 is 15.0 Å². The first-order valence-corrected chi connectivity index (χ1v) is 15.4. The highest BCUT2D eigenvalue weighted by atomic mass is 32.2. The average Bonchev–Trinajstić information content (AvgIpc) is 3.46. The maximum absolute atomic E-state index is 13.3. The molecule has 2 aromatic carbocycles. The fourth-order valence-corrected chi connectivity index (χ4v) is 6.43. The largest absolute Gasteiger partial charge is 0.497 e. The summed E-state index contributed by atoms with van der Waals surface area (Å²) >= 11 is 2.75. The minimum absolute atomic E-state index is 0.0214. The van der Waals surface area contributed by atoms with E-state index in [1.54, 1.807) is 11.7 Å². The monoisotopic (exact) mass is 577 g/mol. The highest BCUT2D eigenvalue weighted by Crippen LogP contribution is 2.22. The molecule has 40 heavy (non-hydrogen) atoms. The number of anilines is 1. The zero-order chi connectivity index (χ0) is 27.9. The number of thioether (sulfide) groups is 1. The molecule has 1 aliphatic heterocycles. The first kappa shape index (κ1) is 28.2. The van der Waals surface area contributed by atoms with E-state index in [1.165, 1.54) is 34.3 Å². The molecule has 0 atom stereocenters. The van der Waals surface area contributed by atoms with Crippen molar-refractivity contribution in [2.45, 2.75) is 31.6 Å². The van der Waals surface area contributed by atoms with Gasteiger partial charge in [-0.05, 0) is 61.2 Å². The summed E-state index contributed by atoms with van der Waals surface area (Å²) in [6.45, 7) is 7.90. The molecule has 1 N–H and O–H groups in total. The maximum atomic E-state index is 13.3. The van der Waals surface area contributed by atoms with E-state index < -0.39 is 0 Å². The van der Waals surface area contributed by atoms with Crippen molar-refractivity contribution in [1.82, 2.24) is 19.8 Å². The fourth-order valence-electron chi connectivity index (χ4n) is 4.79. The van der Waals surface area contributed by atoms with E-state index in [0.29, 0.717) is 28.5 Å². The van der Waals surface area contributed by atoms with Crippen molar-refractivity contribution in [2.75, 3.05) is 50.5 Å². The molecule has 1 saturated heterocycles. The van der Waals surface area contributed by atoms with Gasteiger partial charge in [0.1, 0.15) is 10.4 Å². The van der Waals surface area contributed by atoms with E-state index in [1.807, 2.05) is 54.8 Å². The Morgan fingerprint density at radius 1 is 1.02 bits per heavy atom. The highest BCUT2D eigenvalue weighted by Gasteiger charge is 2.18. The molecule has 1 fully saturated rings. The van der Waals surface area contributed by atoms with Gasteiger partial charge in [-0.3, -0.25) is 19.1 Å². The van der Waals surface area contributed by atoms with Crippen LogP contribution in [0.5, 0.6) is 5.75 Å². The second-order valence-electron chi connectivity index (χ2n) is 9.92. The number of benzene rings is 2. The van der Waals surface area contributed by atoms with Gasteiger partial charge in [0.05, 0.1) is 18.4 Å². The highest BCUT2D eigenvalue weighted by molar-refractivity contribution is 7.99. The number of nitrogens with one attached hydrogen (secondary N) is 1. The number of carbonyl (C=O) groups is 1. The van der Waals surface area contributed by atoms with Crippen LogP contribution in [-0.2, 0) is 17.9 Å². The molecule has 210 valence electrons. The first-order chi connectivity index (χ1) is 19.5. The van der Waals surface area contributed by atoms with Crippen molar-refractivity contribution in [3.05, 3.63) is 81.5 Å². The van der Waals surface area contributed by atoms with Crippen LogP contribution in [0.1, 0.15) is 17.5 Å². The lowest BCUT2D eigenvalue weighted by Crippen LogP contribution is -2.46. The Morgan fingerprint density at radius 3 is 2.50 bits per heavy atom. The van der Waals surface area contributed by atoms with Crippen LogP contribution in [0.2, 0.25) is 0 Å². The number of carbonyl (C=O) groups excluding carboxylic acids is 1. The van der Waals surface area contributed by atoms with Crippen LogP contribution in [0.4, 0.5) is 5.69 Å². The molecule has 0 unspecified atom stereocenters. The molecule has 0 aliphatic carbocycles. The number of aromatic nitrogens is 2. The van der Waals surface area contributed by atoms with Gasteiger partial charge in [0, 0.05) is 45.0 Å². The van der Waals surface area contributed by atoms with Gasteiger partial charge in [0.2, 0.25) is 5.91 Å². The van der Waals surface area contributed by atoms with Crippen LogP contribution >= 0.6 is 23.1 Å². The SMILES string of the molecule is COc1ccc(N2CCN(CCCn3c(SCC(=O)NCc4ccc(C)cc4)nc4ccsc4c3=O)CC2)cc1. The summed E-state index contributed by atoms with van der Waals surface area (Å²) in [4.78, 5) is 35.5. The minimum Gasteiger partial charge on any atom is -0.497 e. The Labute approximate surface area is 243 Å². The predicted octanol–water partition coefficient (Wildman–Crippen LogP) is 4.40. The Kier molecular flexibility index (Phi) is 9.41. The predicted molar refractivity (Wildman–Crippen MR) is 164 cm³/mol. The Balaban J connectivity index is 1.15. The second-order valence-corrected chi connectivity index (χ2v) is 11.8. The van der Waals surface area contributed by atoms with Crippen LogP contribution in [0.15, 0.2) is 69.9 Å². The average molecular weight is 578 g/mol. The number of methoxy groups -OCH3 is 1. The number of nitrogens with zero attached hydrogens (tertiary/aromatic N) is 4. The lowest BCUT2D eigenvalue weighted by atomic mass is 10.1. The summed E-state index contributed by atoms with van der Waals surface area (Å²) in [5.74, 6) is 1.00. The summed E-state index contributed by atoms with van der Waals surface area (Å²) in [5.41, 5.74) is 4.14. The molecular formula is C30H35N5O3S2. The van der Waals surface area contributed by atoms with Gasteiger partial charge >= 0.3 is 0 Å². The van der Waals surface area contributed by atoms with Crippen molar-refractivity contribution in [1.29, 1.82) is 0 Å². The Hall–Kier alpha value is -3.34. The quantitative estimate of drug-likeness (QED) is 0.209. The number of amides is 1. The maximum Gasteiger partial charge on any atom is 0.272 e. The van der Waals surface area contributed by atoms with E-state index in [2.05, 4.69) is 27.2 Å². The first-order valence-electron chi connectivity index (χ1n) is 13.5. The summed E-state index contributed by atoms with van der Waals surface area (Å²) in [6.07, 6.45) is 0.841. The molecule has 5 rings (SSSR count). The van der Waals surface area contributed by atoms with Crippen molar-refractivity contribution in [3.63, 3.8) is 0 Å². The van der Waals surface area contributed by atoms with Gasteiger partial charge in [-0.2, -0.15) is 0 Å². The van der Waals surface area contributed by atoms with Crippen LogP contribution in [0.3, 0.4) is 0 Å². The number of thiophene rings is 1. The van der Waals surface area contributed by atoms with Gasteiger partial charge in [-0.1, -0.05) is 41.6 Å². The number of fused-ring (bicyclic) bond motifs is 1. The topological polar surface area (TPSA) is 79.7 Å². The summed E-state index contributed by atoms with van der Waals surface area (Å²) in [7, 11) is 1.68. The third-order valence-electron chi connectivity index (χ3n) is 7.14. The number of rotatable bonds is 11. The van der Waals surface area contributed by atoms with E-state index in [0.717, 1.165) is 50.5 Å². The van der Waals surface area contributed by atoms with Crippen LogP contribution in [0.25, 0.3) is 10.2 Å². The smallest absolute Gasteiger partial charge is 0.272 e. The lowest BCUT2D eigenvalue weighted by molar-refractivity contribution is -0.118. The molecule has 1 amide bonds. The van der Waals surface area contributed by atoms with Gasteiger partial charge in [-0.15, -0.1) is 11.3 Å². The second kappa shape index (κ2) is 13.3. The number of ether oxygens (including phenoxy) is 1. The third-order valence-corrected chi connectivity index (χ3v) is 9.01. The molecule has 0 spiro atoms. The molecule has 10 heteroatoms. The standard InChI is InChI=1S/C30H35N5O3S2/c1-22-4-6-23(7-5-22)20-31-27(36)21-40-30-32-26-12-19-39-28(26)29(37)35(30)14-3-13-33-15-17-34(18-16-33)24-8-10-25(38-2)11-9-24/h4-12,19H,3,13-18,20-21H2,1-2H3,(H,31,36). The molecule has 1 aliphatic rings.